The summed E-state index contributed by atoms with van der Waals surface area (Å²) in [5.74, 6) is 0.917. The number of fused-ring (bicyclic) bond motifs is 1. The smallest absolute Gasteiger partial charge is 0.134 e. The van der Waals surface area contributed by atoms with Crippen LogP contribution < -0.4 is 5.32 Å². The quantitative estimate of drug-likeness (QED) is 0.848. The fourth-order valence-electron chi connectivity index (χ4n) is 1.65. The number of hydrogen-bond acceptors (Lipinski definition) is 2. The predicted octanol–water partition coefficient (Wildman–Crippen LogP) is 3.44. The Balaban J connectivity index is 2.34. The molecule has 1 aromatic carbocycles. The lowest BCUT2D eigenvalue weighted by atomic mass is 10.1. The van der Waals surface area contributed by atoms with E-state index in [4.69, 9.17) is 4.42 Å². The van der Waals surface area contributed by atoms with E-state index >= 15 is 0 Å². The first-order chi connectivity index (χ1) is 7.70. The van der Waals surface area contributed by atoms with Crippen LogP contribution in [0, 0.1) is 0 Å². The Morgan fingerprint density at radius 2 is 2.12 bits per heavy atom. The molecule has 2 rings (SSSR count). The van der Waals surface area contributed by atoms with E-state index in [1.807, 2.05) is 25.2 Å². The van der Waals surface area contributed by atoms with Gasteiger partial charge in [0.2, 0.25) is 0 Å². The Labute approximate surface area is 96.0 Å². The molecular formula is C14H17NO. The molecule has 0 spiro atoms. The Bertz CT molecular complexity index is 477. The van der Waals surface area contributed by atoms with Gasteiger partial charge in [0.1, 0.15) is 11.3 Å². The van der Waals surface area contributed by atoms with Crippen LogP contribution in [0.2, 0.25) is 0 Å². The van der Waals surface area contributed by atoms with Gasteiger partial charge in [-0.05, 0) is 39.1 Å². The predicted molar refractivity (Wildman–Crippen MR) is 68.4 cm³/mol. The molecule has 0 aliphatic carbocycles. The first-order valence-electron chi connectivity index (χ1n) is 5.54. The monoisotopic (exact) mass is 215 g/mol. The Morgan fingerprint density at radius 1 is 1.38 bits per heavy atom. The number of benzene rings is 1. The van der Waals surface area contributed by atoms with E-state index < -0.39 is 0 Å². The van der Waals surface area contributed by atoms with E-state index in [1.54, 1.807) is 0 Å². The third-order valence-electron chi connectivity index (χ3n) is 2.93. The van der Waals surface area contributed by atoms with Crippen LogP contribution >= 0.6 is 0 Å². The maximum absolute atomic E-state index is 5.73. The van der Waals surface area contributed by atoms with Crippen LogP contribution in [0.3, 0.4) is 0 Å². The molecule has 1 heterocycles. The number of hydrogen-bond donors (Lipinski definition) is 1. The first-order valence-corrected chi connectivity index (χ1v) is 5.54. The van der Waals surface area contributed by atoms with Crippen LogP contribution in [0.15, 0.2) is 40.3 Å². The highest BCUT2D eigenvalue weighted by Gasteiger charge is 2.04. The molecule has 0 saturated carbocycles. The zero-order chi connectivity index (χ0) is 11.5. The van der Waals surface area contributed by atoms with Crippen LogP contribution in [0.1, 0.15) is 19.6 Å². The summed E-state index contributed by atoms with van der Waals surface area (Å²) in [7, 11) is 1.96. The summed E-state index contributed by atoms with van der Waals surface area (Å²) >= 11 is 0. The van der Waals surface area contributed by atoms with Crippen molar-refractivity contribution in [3.8, 4) is 0 Å². The highest BCUT2D eigenvalue weighted by molar-refractivity contribution is 5.79. The van der Waals surface area contributed by atoms with Gasteiger partial charge in [-0.1, -0.05) is 23.8 Å². The molecule has 1 N–H and O–H groups in total. The normalized spacial score (nSPS) is 14.3. The molecule has 0 saturated heterocycles. The Kier molecular flexibility index (Phi) is 3.11. The van der Waals surface area contributed by atoms with Crippen LogP contribution in [-0.4, -0.2) is 13.1 Å². The van der Waals surface area contributed by atoms with Crippen molar-refractivity contribution in [1.82, 2.24) is 5.32 Å². The lowest BCUT2D eigenvalue weighted by molar-refractivity contribution is 0.601. The molecule has 1 unspecified atom stereocenters. The zero-order valence-corrected chi connectivity index (χ0v) is 9.95. The summed E-state index contributed by atoms with van der Waals surface area (Å²) in [6, 6.07) is 10.5. The Hall–Kier alpha value is -1.54. The molecule has 0 fully saturated rings. The summed E-state index contributed by atoms with van der Waals surface area (Å²) in [5, 5.41) is 4.36. The highest BCUT2D eigenvalue weighted by atomic mass is 16.3. The lowest BCUT2D eigenvalue weighted by Gasteiger charge is -2.09. The molecule has 0 amide bonds. The molecule has 1 atom stereocenters. The first kappa shape index (κ1) is 11.0. The van der Waals surface area contributed by atoms with Gasteiger partial charge in [-0.2, -0.15) is 0 Å². The van der Waals surface area contributed by atoms with Gasteiger partial charge in [0.15, 0.2) is 0 Å². The zero-order valence-electron chi connectivity index (χ0n) is 9.95. The number of rotatable bonds is 3. The molecule has 2 heteroatoms. The second kappa shape index (κ2) is 4.54. The summed E-state index contributed by atoms with van der Waals surface area (Å²) in [5.41, 5.74) is 2.21. The minimum absolute atomic E-state index is 0.369. The number of nitrogens with one attached hydrogen (secondary N) is 1. The van der Waals surface area contributed by atoms with Crippen LogP contribution in [0.25, 0.3) is 17.0 Å². The van der Waals surface area contributed by atoms with E-state index in [1.165, 1.54) is 5.57 Å². The summed E-state index contributed by atoms with van der Waals surface area (Å²) < 4.78 is 5.73. The van der Waals surface area contributed by atoms with Crippen molar-refractivity contribution in [2.24, 2.45) is 0 Å². The van der Waals surface area contributed by atoms with Gasteiger partial charge in [0, 0.05) is 11.4 Å². The van der Waals surface area contributed by atoms with Crippen LogP contribution in [0.4, 0.5) is 0 Å². The maximum Gasteiger partial charge on any atom is 0.134 e. The standard InChI is InChI=1S/C14H17NO/c1-10(11(2)15-3)8-13-9-12-6-4-5-7-14(12)16-13/h4-9,11,15H,1-3H3/b10-8+. The highest BCUT2D eigenvalue weighted by Crippen LogP contribution is 2.21. The van der Waals surface area contributed by atoms with E-state index in [9.17, 15) is 0 Å². The third kappa shape index (κ3) is 2.17. The summed E-state index contributed by atoms with van der Waals surface area (Å²) in [6.07, 6.45) is 2.08. The number of likely N-dealkylation sites (N-methyl/N-ethyl adjacent to an activating group) is 1. The SMILES string of the molecule is CNC(C)/C(C)=C/c1cc2ccccc2o1. The molecule has 16 heavy (non-hydrogen) atoms. The van der Waals surface area contributed by atoms with Crippen LogP contribution in [-0.2, 0) is 0 Å². The van der Waals surface area contributed by atoms with Gasteiger partial charge < -0.3 is 9.73 Å². The third-order valence-corrected chi connectivity index (χ3v) is 2.93. The fourth-order valence-corrected chi connectivity index (χ4v) is 1.65. The second-order valence-electron chi connectivity index (χ2n) is 4.09. The lowest BCUT2D eigenvalue weighted by Crippen LogP contribution is -2.21. The van der Waals surface area contributed by atoms with E-state index in [-0.39, 0.29) is 0 Å². The molecule has 0 bridgehead atoms. The number of para-hydroxylation sites is 1. The van der Waals surface area contributed by atoms with Gasteiger partial charge in [0.25, 0.3) is 0 Å². The molecule has 0 aliphatic heterocycles. The topological polar surface area (TPSA) is 25.2 Å². The number of furan rings is 1. The van der Waals surface area contributed by atoms with Crippen molar-refractivity contribution in [1.29, 1.82) is 0 Å². The average molecular weight is 215 g/mol. The molecule has 0 aliphatic rings. The summed E-state index contributed by atoms with van der Waals surface area (Å²) in [6.45, 7) is 4.24. The molecule has 2 aromatic rings. The van der Waals surface area contributed by atoms with Crippen molar-refractivity contribution in [3.63, 3.8) is 0 Å². The van der Waals surface area contributed by atoms with Crippen LogP contribution in [0.5, 0.6) is 0 Å². The van der Waals surface area contributed by atoms with Gasteiger partial charge in [-0.15, -0.1) is 0 Å². The molecule has 0 radical (unpaired) electrons. The van der Waals surface area contributed by atoms with Gasteiger partial charge in [0.05, 0.1) is 0 Å². The van der Waals surface area contributed by atoms with Crippen molar-refractivity contribution in [2.75, 3.05) is 7.05 Å². The maximum atomic E-state index is 5.73. The van der Waals surface area contributed by atoms with Crippen molar-refractivity contribution >= 4 is 17.0 Å². The van der Waals surface area contributed by atoms with E-state index in [2.05, 4.69) is 37.4 Å². The Morgan fingerprint density at radius 3 is 2.81 bits per heavy atom. The van der Waals surface area contributed by atoms with Crippen molar-refractivity contribution < 1.29 is 4.42 Å². The average Bonchev–Trinajstić information content (AvgIpc) is 2.69. The van der Waals surface area contributed by atoms with Gasteiger partial charge in [-0.3, -0.25) is 0 Å². The van der Waals surface area contributed by atoms with Gasteiger partial charge >= 0.3 is 0 Å². The molecule has 2 nitrogen and oxygen atoms in total. The fraction of sp³-hybridized carbons (Fsp3) is 0.286. The minimum atomic E-state index is 0.369. The summed E-state index contributed by atoms with van der Waals surface area (Å²) in [4.78, 5) is 0. The minimum Gasteiger partial charge on any atom is -0.457 e. The molecule has 84 valence electrons. The molecular weight excluding hydrogens is 198 g/mol. The largest absolute Gasteiger partial charge is 0.457 e. The van der Waals surface area contributed by atoms with Gasteiger partial charge in [-0.25, -0.2) is 0 Å². The second-order valence-corrected chi connectivity index (χ2v) is 4.09. The molecule has 1 aromatic heterocycles. The van der Waals surface area contributed by atoms with Crippen molar-refractivity contribution in [3.05, 3.63) is 41.7 Å². The van der Waals surface area contributed by atoms with Crippen molar-refractivity contribution in [2.45, 2.75) is 19.9 Å². The van der Waals surface area contributed by atoms with E-state index in [0.717, 1.165) is 16.7 Å². The van der Waals surface area contributed by atoms with E-state index in [0.29, 0.717) is 6.04 Å².